The molecule has 0 bridgehead atoms. The van der Waals surface area contributed by atoms with Gasteiger partial charge in [-0.3, -0.25) is 9.88 Å². The normalized spacial score (nSPS) is 16.6. The summed E-state index contributed by atoms with van der Waals surface area (Å²) >= 11 is 0. The molecule has 2 aliphatic heterocycles. The van der Waals surface area contributed by atoms with Crippen molar-refractivity contribution < 1.29 is 9.47 Å². The highest BCUT2D eigenvalue weighted by atomic mass is 16.6. The van der Waals surface area contributed by atoms with Crippen molar-refractivity contribution in [3.8, 4) is 22.9 Å². The molecule has 1 aromatic carbocycles. The van der Waals surface area contributed by atoms with Crippen molar-refractivity contribution in [2.75, 3.05) is 26.3 Å². The predicted octanol–water partition coefficient (Wildman–Crippen LogP) is 2.17. The lowest BCUT2D eigenvalue weighted by atomic mass is 10.1. The molecular weight excluding hydrogens is 342 g/mol. The molecule has 2 aromatic heterocycles. The topological polar surface area (TPSA) is 65.3 Å². The van der Waals surface area contributed by atoms with Gasteiger partial charge >= 0.3 is 0 Å². The van der Waals surface area contributed by atoms with Crippen LogP contribution in [0, 0.1) is 0 Å². The van der Waals surface area contributed by atoms with Crippen molar-refractivity contribution in [2.45, 2.75) is 19.5 Å². The van der Waals surface area contributed by atoms with E-state index in [1.807, 2.05) is 29.1 Å². The van der Waals surface area contributed by atoms with Gasteiger partial charge in [-0.05, 0) is 29.8 Å². The van der Waals surface area contributed by atoms with Gasteiger partial charge in [0.1, 0.15) is 19.0 Å². The molecule has 0 saturated carbocycles. The molecule has 0 atom stereocenters. The van der Waals surface area contributed by atoms with Crippen LogP contribution in [0.3, 0.4) is 0 Å². The van der Waals surface area contributed by atoms with Crippen molar-refractivity contribution in [3.05, 3.63) is 54.1 Å². The minimum Gasteiger partial charge on any atom is -0.486 e. The van der Waals surface area contributed by atoms with E-state index >= 15 is 0 Å². The van der Waals surface area contributed by atoms with Gasteiger partial charge in [0.25, 0.3) is 0 Å². The largest absolute Gasteiger partial charge is 0.486 e. The Labute approximate surface area is 157 Å². The fraction of sp³-hybridized carbons (Fsp3) is 0.350. The van der Waals surface area contributed by atoms with Crippen molar-refractivity contribution >= 4 is 0 Å². The van der Waals surface area contributed by atoms with Gasteiger partial charge in [-0.2, -0.15) is 5.10 Å². The molecular formula is C20H21N5O2. The average molecular weight is 363 g/mol. The monoisotopic (exact) mass is 363 g/mol. The number of hydrogen-bond acceptors (Lipinski definition) is 6. The molecule has 3 aromatic rings. The van der Waals surface area contributed by atoms with Gasteiger partial charge < -0.3 is 9.47 Å². The quantitative estimate of drug-likeness (QED) is 0.711. The highest BCUT2D eigenvalue weighted by Crippen LogP contribution is 2.31. The Hall–Kier alpha value is -2.93. The fourth-order valence-corrected chi connectivity index (χ4v) is 3.56. The van der Waals surface area contributed by atoms with Gasteiger partial charge in [-0.15, -0.1) is 0 Å². The molecule has 7 nitrogen and oxygen atoms in total. The number of nitrogens with zero attached hydrogens (tertiary/aromatic N) is 5. The van der Waals surface area contributed by atoms with Crippen molar-refractivity contribution in [3.63, 3.8) is 0 Å². The van der Waals surface area contributed by atoms with E-state index in [-0.39, 0.29) is 0 Å². The van der Waals surface area contributed by atoms with E-state index in [1.165, 1.54) is 5.56 Å². The summed E-state index contributed by atoms with van der Waals surface area (Å²) in [5, 5.41) is 4.68. The molecule has 0 spiro atoms. The van der Waals surface area contributed by atoms with Crippen molar-refractivity contribution in [1.29, 1.82) is 0 Å². The van der Waals surface area contributed by atoms with Gasteiger partial charge in [0.05, 0.1) is 6.54 Å². The van der Waals surface area contributed by atoms with E-state index in [4.69, 9.17) is 14.5 Å². The van der Waals surface area contributed by atoms with Gasteiger partial charge in [-0.1, -0.05) is 6.07 Å². The maximum atomic E-state index is 5.70. The van der Waals surface area contributed by atoms with Gasteiger partial charge in [0, 0.05) is 44.0 Å². The standard InChI is InChI=1S/C20H21N5O2/c1-2-16(13-21-6-1)20-22-19-5-7-24(8-9-25(19)23-20)14-15-3-4-17-18(12-15)27-11-10-26-17/h1-4,6,12-13H,5,7-11,14H2. The lowest BCUT2D eigenvalue weighted by Crippen LogP contribution is -2.26. The van der Waals surface area contributed by atoms with Crippen LogP contribution in [-0.4, -0.2) is 51.0 Å². The Morgan fingerprint density at radius 3 is 2.81 bits per heavy atom. The zero-order chi connectivity index (χ0) is 18.1. The maximum absolute atomic E-state index is 5.70. The first-order valence-corrected chi connectivity index (χ1v) is 9.30. The Morgan fingerprint density at radius 2 is 1.93 bits per heavy atom. The molecule has 4 heterocycles. The number of rotatable bonds is 3. The highest BCUT2D eigenvalue weighted by molar-refractivity contribution is 5.52. The molecule has 5 rings (SSSR count). The molecule has 0 unspecified atom stereocenters. The third-order valence-corrected chi connectivity index (χ3v) is 4.96. The number of benzene rings is 1. The lowest BCUT2D eigenvalue weighted by molar-refractivity contribution is 0.171. The third-order valence-electron chi connectivity index (χ3n) is 4.96. The molecule has 0 fully saturated rings. The Bertz CT molecular complexity index is 915. The molecule has 2 aliphatic rings. The average Bonchev–Trinajstić information content (AvgIpc) is 3.05. The lowest BCUT2D eigenvalue weighted by Gasteiger charge is -2.22. The van der Waals surface area contributed by atoms with Crippen molar-refractivity contribution in [2.24, 2.45) is 0 Å². The molecule has 0 radical (unpaired) electrons. The SMILES string of the molecule is c1cncc(-c2nc3n(n2)CCN(Cc2ccc4c(c2)OCCO4)CC3)c1. The van der Waals surface area contributed by atoms with Crippen LogP contribution in [-0.2, 0) is 19.5 Å². The first-order chi connectivity index (χ1) is 13.3. The Balaban J connectivity index is 1.27. The highest BCUT2D eigenvalue weighted by Gasteiger charge is 2.19. The Morgan fingerprint density at radius 1 is 1.00 bits per heavy atom. The first kappa shape index (κ1) is 16.3. The van der Waals surface area contributed by atoms with Gasteiger partial charge in [0.2, 0.25) is 0 Å². The number of fused-ring (bicyclic) bond motifs is 2. The summed E-state index contributed by atoms with van der Waals surface area (Å²) in [6.07, 6.45) is 4.46. The molecule has 27 heavy (non-hydrogen) atoms. The second kappa shape index (κ2) is 7.00. The number of aromatic nitrogens is 4. The zero-order valence-corrected chi connectivity index (χ0v) is 15.0. The number of ether oxygens (including phenoxy) is 2. The minimum atomic E-state index is 0.617. The molecule has 7 heteroatoms. The zero-order valence-electron chi connectivity index (χ0n) is 15.0. The molecule has 0 aliphatic carbocycles. The van der Waals surface area contributed by atoms with Crippen LogP contribution in [0.2, 0.25) is 0 Å². The molecule has 0 N–H and O–H groups in total. The molecule has 0 amide bonds. The summed E-state index contributed by atoms with van der Waals surface area (Å²) in [6, 6.07) is 10.1. The second-order valence-corrected chi connectivity index (χ2v) is 6.82. The smallest absolute Gasteiger partial charge is 0.182 e. The summed E-state index contributed by atoms with van der Waals surface area (Å²) in [7, 11) is 0. The molecule has 0 saturated heterocycles. The second-order valence-electron chi connectivity index (χ2n) is 6.82. The van der Waals surface area contributed by atoms with Crippen LogP contribution in [0.25, 0.3) is 11.4 Å². The van der Waals surface area contributed by atoms with Crippen LogP contribution in [0.4, 0.5) is 0 Å². The Kier molecular flexibility index (Phi) is 4.21. The summed E-state index contributed by atoms with van der Waals surface area (Å²) in [6.45, 7) is 4.87. The minimum absolute atomic E-state index is 0.617. The van der Waals surface area contributed by atoms with Crippen LogP contribution >= 0.6 is 0 Å². The van der Waals surface area contributed by atoms with Crippen molar-refractivity contribution in [1.82, 2.24) is 24.6 Å². The van der Waals surface area contributed by atoms with Gasteiger partial charge in [-0.25, -0.2) is 9.67 Å². The maximum Gasteiger partial charge on any atom is 0.182 e. The summed E-state index contributed by atoms with van der Waals surface area (Å²) in [4.78, 5) is 11.3. The van der Waals surface area contributed by atoms with Crippen LogP contribution < -0.4 is 9.47 Å². The van der Waals surface area contributed by atoms with Crippen LogP contribution in [0.1, 0.15) is 11.4 Å². The van der Waals surface area contributed by atoms with E-state index in [0.29, 0.717) is 13.2 Å². The summed E-state index contributed by atoms with van der Waals surface area (Å²) < 4.78 is 13.3. The van der Waals surface area contributed by atoms with E-state index in [0.717, 1.165) is 61.3 Å². The van der Waals surface area contributed by atoms with Crippen LogP contribution in [0.15, 0.2) is 42.7 Å². The van der Waals surface area contributed by atoms with E-state index in [1.54, 1.807) is 6.20 Å². The summed E-state index contributed by atoms with van der Waals surface area (Å²) in [5.74, 6) is 3.49. The number of pyridine rings is 1. The third kappa shape index (κ3) is 3.38. The molecule has 138 valence electrons. The van der Waals surface area contributed by atoms with E-state index in [2.05, 4.69) is 27.1 Å². The number of hydrogen-bond donors (Lipinski definition) is 0. The van der Waals surface area contributed by atoms with Gasteiger partial charge in [0.15, 0.2) is 17.3 Å². The fourth-order valence-electron chi connectivity index (χ4n) is 3.56. The first-order valence-electron chi connectivity index (χ1n) is 9.30. The summed E-state index contributed by atoms with van der Waals surface area (Å²) in [5.41, 5.74) is 2.20. The van der Waals surface area contributed by atoms with E-state index in [9.17, 15) is 0 Å². The van der Waals surface area contributed by atoms with E-state index < -0.39 is 0 Å². The predicted molar refractivity (Wildman–Crippen MR) is 99.7 cm³/mol. The van der Waals surface area contributed by atoms with Crippen LogP contribution in [0.5, 0.6) is 11.5 Å².